The van der Waals surface area contributed by atoms with Crippen LogP contribution < -0.4 is 5.56 Å². The molecular formula is C22H23N5O2. The number of hydrogen-bond donors (Lipinski definition) is 0. The van der Waals surface area contributed by atoms with Crippen LogP contribution in [0.15, 0.2) is 53.8 Å². The van der Waals surface area contributed by atoms with E-state index in [9.17, 15) is 9.59 Å². The Bertz CT molecular complexity index is 1130. The summed E-state index contributed by atoms with van der Waals surface area (Å²) in [5.41, 5.74) is 4.15. The SMILES string of the molecule is Cn1cc(C2CN(C(=O)Cn3cnc(C4CC4)cc3=O)Cc3ccccc32)cn1. The number of carbonyl (C=O) groups excluding carboxylic acids is 1. The van der Waals surface area contributed by atoms with Crippen LogP contribution >= 0.6 is 0 Å². The fraction of sp³-hybridized carbons (Fsp3) is 0.364. The molecule has 0 radical (unpaired) electrons. The van der Waals surface area contributed by atoms with Crippen molar-refractivity contribution in [3.8, 4) is 0 Å². The molecule has 3 heterocycles. The Hall–Kier alpha value is -3.22. The summed E-state index contributed by atoms with van der Waals surface area (Å²) in [7, 11) is 1.89. The van der Waals surface area contributed by atoms with Crippen molar-refractivity contribution in [2.45, 2.75) is 37.8 Å². The van der Waals surface area contributed by atoms with Gasteiger partial charge in [0.1, 0.15) is 6.54 Å². The van der Waals surface area contributed by atoms with E-state index in [0.717, 1.165) is 29.7 Å². The molecule has 1 aliphatic heterocycles. The third-order valence-electron chi connectivity index (χ3n) is 5.88. The van der Waals surface area contributed by atoms with Crippen LogP contribution in [0.25, 0.3) is 0 Å². The fourth-order valence-corrected chi connectivity index (χ4v) is 4.11. The van der Waals surface area contributed by atoms with E-state index in [2.05, 4.69) is 22.2 Å². The van der Waals surface area contributed by atoms with Crippen molar-refractivity contribution >= 4 is 5.91 Å². The summed E-state index contributed by atoms with van der Waals surface area (Å²) >= 11 is 0. The van der Waals surface area contributed by atoms with Gasteiger partial charge in [-0.2, -0.15) is 5.10 Å². The van der Waals surface area contributed by atoms with Gasteiger partial charge in [0.2, 0.25) is 5.91 Å². The van der Waals surface area contributed by atoms with Crippen molar-refractivity contribution in [2.24, 2.45) is 7.05 Å². The Balaban J connectivity index is 1.39. The molecule has 1 amide bonds. The molecule has 3 aromatic rings. The Morgan fingerprint density at radius 3 is 2.79 bits per heavy atom. The third-order valence-corrected chi connectivity index (χ3v) is 5.88. The Labute approximate surface area is 168 Å². The van der Waals surface area contributed by atoms with Crippen LogP contribution in [0.1, 0.15) is 47.1 Å². The molecule has 1 atom stereocenters. The first-order valence-corrected chi connectivity index (χ1v) is 9.99. The van der Waals surface area contributed by atoms with Gasteiger partial charge < -0.3 is 4.90 Å². The highest BCUT2D eigenvalue weighted by Crippen LogP contribution is 2.38. The topological polar surface area (TPSA) is 73.0 Å². The normalized spacial score (nSPS) is 18.5. The van der Waals surface area contributed by atoms with Gasteiger partial charge in [0.25, 0.3) is 5.56 Å². The summed E-state index contributed by atoms with van der Waals surface area (Å²) in [5.74, 6) is 0.424. The minimum absolute atomic E-state index is 0.0126. The molecule has 0 saturated heterocycles. The van der Waals surface area contributed by atoms with Gasteiger partial charge in [-0.25, -0.2) is 4.98 Å². The van der Waals surface area contributed by atoms with Gasteiger partial charge in [-0.15, -0.1) is 0 Å². The predicted molar refractivity (Wildman–Crippen MR) is 107 cm³/mol. The summed E-state index contributed by atoms with van der Waals surface area (Å²) in [6, 6.07) is 9.80. The zero-order chi connectivity index (χ0) is 20.0. The quantitative estimate of drug-likeness (QED) is 0.684. The fourth-order valence-electron chi connectivity index (χ4n) is 4.11. The number of hydrogen-bond acceptors (Lipinski definition) is 4. The predicted octanol–water partition coefficient (Wildman–Crippen LogP) is 2.03. The molecule has 29 heavy (non-hydrogen) atoms. The van der Waals surface area contributed by atoms with E-state index in [4.69, 9.17) is 0 Å². The van der Waals surface area contributed by atoms with Crippen molar-refractivity contribution in [1.29, 1.82) is 0 Å². The zero-order valence-electron chi connectivity index (χ0n) is 16.4. The van der Waals surface area contributed by atoms with Gasteiger partial charge in [0.15, 0.2) is 0 Å². The average molecular weight is 389 g/mol. The minimum Gasteiger partial charge on any atom is -0.336 e. The van der Waals surface area contributed by atoms with Gasteiger partial charge >= 0.3 is 0 Å². The molecule has 7 heteroatoms. The molecule has 5 rings (SSSR count). The molecule has 0 N–H and O–H groups in total. The highest BCUT2D eigenvalue weighted by atomic mass is 16.2. The Morgan fingerprint density at radius 1 is 1.24 bits per heavy atom. The number of nitrogens with zero attached hydrogens (tertiary/aromatic N) is 5. The molecule has 1 unspecified atom stereocenters. The monoisotopic (exact) mass is 389 g/mol. The molecule has 1 fully saturated rings. The van der Waals surface area contributed by atoms with E-state index in [1.54, 1.807) is 10.7 Å². The number of amides is 1. The second kappa shape index (κ2) is 6.99. The molecule has 1 aliphatic carbocycles. The van der Waals surface area contributed by atoms with Gasteiger partial charge in [-0.3, -0.25) is 18.8 Å². The summed E-state index contributed by atoms with van der Waals surface area (Å²) in [4.78, 5) is 31.7. The maximum Gasteiger partial charge on any atom is 0.254 e. The zero-order valence-corrected chi connectivity index (χ0v) is 16.4. The number of fused-ring (bicyclic) bond motifs is 1. The second-order valence-electron chi connectivity index (χ2n) is 8.03. The standard InChI is InChI=1S/C22H23N5O2/c1-25-10-17(9-24-25)19-12-26(11-16-4-2-3-5-18(16)19)22(29)13-27-14-23-20(8-21(27)28)15-6-7-15/h2-5,8-10,14-15,19H,6-7,11-13H2,1H3. The summed E-state index contributed by atoms with van der Waals surface area (Å²) in [6.07, 6.45) is 7.57. The Morgan fingerprint density at radius 2 is 2.07 bits per heavy atom. The van der Waals surface area contributed by atoms with Gasteiger partial charge in [-0.1, -0.05) is 24.3 Å². The lowest BCUT2D eigenvalue weighted by molar-refractivity contribution is -0.133. The highest BCUT2D eigenvalue weighted by Gasteiger charge is 2.30. The van der Waals surface area contributed by atoms with Crippen molar-refractivity contribution in [1.82, 2.24) is 24.2 Å². The summed E-state index contributed by atoms with van der Waals surface area (Å²) in [5, 5.41) is 4.30. The van der Waals surface area contributed by atoms with Crippen LogP contribution in [0.4, 0.5) is 0 Å². The van der Waals surface area contributed by atoms with Gasteiger partial charge in [0, 0.05) is 44.2 Å². The van der Waals surface area contributed by atoms with Crippen LogP contribution in [0.2, 0.25) is 0 Å². The minimum atomic E-state index is -0.156. The molecule has 2 aliphatic rings. The highest BCUT2D eigenvalue weighted by molar-refractivity contribution is 5.76. The molecule has 2 aromatic heterocycles. The number of carbonyl (C=O) groups is 1. The lowest BCUT2D eigenvalue weighted by Gasteiger charge is -2.34. The van der Waals surface area contributed by atoms with Crippen LogP contribution in [0.3, 0.4) is 0 Å². The van der Waals surface area contributed by atoms with Crippen molar-refractivity contribution in [3.05, 3.63) is 81.8 Å². The lowest BCUT2D eigenvalue weighted by Crippen LogP contribution is -2.41. The smallest absolute Gasteiger partial charge is 0.254 e. The maximum absolute atomic E-state index is 13.1. The first kappa shape index (κ1) is 17.8. The third kappa shape index (κ3) is 3.48. The molecule has 148 valence electrons. The average Bonchev–Trinajstić information content (AvgIpc) is 3.49. The van der Waals surface area contributed by atoms with Crippen LogP contribution in [0.5, 0.6) is 0 Å². The number of rotatable bonds is 4. The maximum atomic E-state index is 13.1. The van der Waals surface area contributed by atoms with E-state index in [1.807, 2.05) is 36.5 Å². The number of aryl methyl sites for hydroxylation is 1. The van der Waals surface area contributed by atoms with Crippen molar-refractivity contribution in [2.75, 3.05) is 6.54 Å². The van der Waals surface area contributed by atoms with E-state index in [1.165, 1.54) is 16.5 Å². The Kier molecular flexibility index (Phi) is 4.30. The molecule has 1 saturated carbocycles. The summed E-state index contributed by atoms with van der Waals surface area (Å²) < 4.78 is 3.19. The first-order valence-electron chi connectivity index (χ1n) is 9.99. The second-order valence-corrected chi connectivity index (χ2v) is 8.03. The summed E-state index contributed by atoms with van der Waals surface area (Å²) in [6.45, 7) is 1.14. The van der Waals surface area contributed by atoms with E-state index in [-0.39, 0.29) is 23.9 Å². The van der Waals surface area contributed by atoms with Crippen molar-refractivity contribution in [3.63, 3.8) is 0 Å². The molecular weight excluding hydrogens is 366 g/mol. The van der Waals surface area contributed by atoms with Crippen molar-refractivity contribution < 1.29 is 4.79 Å². The molecule has 0 spiro atoms. The van der Waals surface area contributed by atoms with E-state index in [0.29, 0.717) is 19.0 Å². The van der Waals surface area contributed by atoms with Gasteiger partial charge in [-0.05, 0) is 29.5 Å². The van der Waals surface area contributed by atoms with Crippen LogP contribution in [0, 0.1) is 0 Å². The van der Waals surface area contributed by atoms with Gasteiger partial charge in [0.05, 0.1) is 18.2 Å². The lowest BCUT2D eigenvalue weighted by atomic mass is 9.86. The first-order chi connectivity index (χ1) is 14.1. The number of aromatic nitrogens is 4. The van der Waals surface area contributed by atoms with Crippen LogP contribution in [-0.2, 0) is 24.9 Å². The van der Waals surface area contributed by atoms with Crippen LogP contribution in [-0.4, -0.2) is 36.7 Å². The van der Waals surface area contributed by atoms with E-state index < -0.39 is 0 Å². The molecule has 7 nitrogen and oxygen atoms in total. The largest absolute Gasteiger partial charge is 0.336 e. The molecule has 1 aromatic carbocycles. The molecule has 0 bridgehead atoms. The van der Waals surface area contributed by atoms with E-state index >= 15 is 0 Å². The number of benzene rings is 1.